The van der Waals surface area contributed by atoms with Gasteiger partial charge in [0.1, 0.15) is 17.8 Å². The van der Waals surface area contributed by atoms with Crippen molar-refractivity contribution in [3.05, 3.63) is 83.7 Å². The van der Waals surface area contributed by atoms with E-state index in [2.05, 4.69) is 30.8 Å². The summed E-state index contributed by atoms with van der Waals surface area (Å²) in [5.74, 6) is 0.871. The van der Waals surface area contributed by atoms with E-state index in [-0.39, 0.29) is 16.9 Å². The molecular formula is C28H25F3N6O3S. The van der Waals surface area contributed by atoms with Crippen molar-refractivity contribution >= 4 is 29.0 Å². The SMILES string of the molecule is COc1ccc(NC(=S)NC(=O)NC2Cc3ccc(-c4ncn(-c5ccc(OC(F)(F)F)cc5)n4)cc3C2)c(C)c1. The third-order valence-corrected chi connectivity index (χ3v) is 6.67. The second-order valence-corrected chi connectivity index (χ2v) is 9.78. The molecule has 212 valence electrons. The first-order chi connectivity index (χ1) is 19.6. The number of hydrogen-bond donors (Lipinski definition) is 3. The lowest BCUT2D eigenvalue weighted by atomic mass is 10.1. The van der Waals surface area contributed by atoms with Crippen molar-refractivity contribution in [2.45, 2.75) is 32.2 Å². The quantitative estimate of drug-likeness (QED) is 0.265. The Labute approximate surface area is 238 Å². The largest absolute Gasteiger partial charge is 0.573 e. The monoisotopic (exact) mass is 582 g/mol. The Morgan fingerprint density at radius 2 is 1.76 bits per heavy atom. The minimum atomic E-state index is -4.76. The lowest BCUT2D eigenvalue weighted by molar-refractivity contribution is -0.274. The zero-order chi connectivity index (χ0) is 29.1. The van der Waals surface area contributed by atoms with Crippen LogP contribution in [0.2, 0.25) is 0 Å². The minimum Gasteiger partial charge on any atom is -0.497 e. The summed E-state index contributed by atoms with van der Waals surface area (Å²) in [4.78, 5) is 16.9. The number of halogens is 3. The van der Waals surface area contributed by atoms with Gasteiger partial charge in [0.2, 0.25) is 0 Å². The van der Waals surface area contributed by atoms with Gasteiger partial charge in [0, 0.05) is 17.3 Å². The van der Waals surface area contributed by atoms with Crippen molar-refractivity contribution in [2.75, 3.05) is 12.4 Å². The van der Waals surface area contributed by atoms with E-state index in [1.807, 2.05) is 37.3 Å². The predicted octanol–water partition coefficient (Wildman–Crippen LogP) is 5.31. The number of aryl methyl sites for hydroxylation is 1. The molecule has 4 aromatic rings. The van der Waals surface area contributed by atoms with Crippen LogP contribution in [-0.2, 0) is 12.8 Å². The van der Waals surface area contributed by atoms with Gasteiger partial charge in [0.05, 0.1) is 12.8 Å². The number of anilines is 1. The lowest BCUT2D eigenvalue weighted by Crippen LogP contribution is -2.46. The molecule has 1 heterocycles. The fraction of sp³-hybridized carbons (Fsp3) is 0.214. The number of nitrogens with one attached hydrogen (secondary N) is 3. The lowest BCUT2D eigenvalue weighted by Gasteiger charge is -2.15. The maximum Gasteiger partial charge on any atom is 0.573 e. The summed E-state index contributed by atoms with van der Waals surface area (Å²) in [6, 6.07) is 16.2. The van der Waals surface area contributed by atoms with E-state index >= 15 is 0 Å². The molecule has 41 heavy (non-hydrogen) atoms. The van der Waals surface area contributed by atoms with E-state index in [0.29, 0.717) is 24.4 Å². The van der Waals surface area contributed by atoms with Gasteiger partial charge in [0.25, 0.3) is 0 Å². The molecule has 0 fully saturated rings. The fourth-order valence-corrected chi connectivity index (χ4v) is 4.76. The van der Waals surface area contributed by atoms with Crippen LogP contribution in [0.25, 0.3) is 17.1 Å². The highest BCUT2D eigenvalue weighted by atomic mass is 32.1. The van der Waals surface area contributed by atoms with Crippen LogP contribution >= 0.6 is 12.2 Å². The molecule has 13 heteroatoms. The van der Waals surface area contributed by atoms with Crippen molar-refractivity contribution in [3.63, 3.8) is 0 Å². The molecule has 0 bridgehead atoms. The number of carbonyl (C=O) groups excluding carboxylic acids is 1. The summed E-state index contributed by atoms with van der Waals surface area (Å²) in [6.07, 6.45) is -1.99. The van der Waals surface area contributed by atoms with Gasteiger partial charge in [0.15, 0.2) is 10.9 Å². The summed E-state index contributed by atoms with van der Waals surface area (Å²) in [6.45, 7) is 1.91. The maximum atomic E-state index is 12.6. The summed E-state index contributed by atoms with van der Waals surface area (Å²) in [7, 11) is 1.59. The average molecular weight is 583 g/mol. The number of methoxy groups -OCH3 is 1. The van der Waals surface area contributed by atoms with E-state index in [4.69, 9.17) is 17.0 Å². The molecule has 1 unspecified atom stereocenters. The van der Waals surface area contributed by atoms with Gasteiger partial charge < -0.3 is 20.1 Å². The molecule has 1 aliphatic carbocycles. The van der Waals surface area contributed by atoms with Gasteiger partial charge in [-0.05, 0) is 97.2 Å². The van der Waals surface area contributed by atoms with Crippen LogP contribution in [0, 0.1) is 6.92 Å². The summed E-state index contributed by atoms with van der Waals surface area (Å²) >= 11 is 5.30. The molecule has 5 rings (SSSR count). The van der Waals surface area contributed by atoms with E-state index < -0.39 is 12.4 Å². The number of rotatable bonds is 6. The number of fused-ring (bicyclic) bond motifs is 1. The standard InChI is InChI=1S/C28H25F3N6O3S/c1-16-11-23(39-2)9-10-24(16)34-27(41)35-26(38)33-20-13-17-3-4-18(12-19(17)14-20)25-32-15-37(36-25)21-5-7-22(8-6-21)40-28(29,30)31/h3-12,15,20H,13-14H2,1-2H3,(H3,33,34,35,38,41). The highest BCUT2D eigenvalue weighted by Crippen LogP contribution is 2.28. The number of urea groups is 1. The molecule has 0 spiro atoms. The van der Waals surface area contributed by atoms with Crippen molar-refractivity contribution in [1.29, 1.82) is 0 Å². The molecule has 1 aromatic heterocycles. The molecule has 3 N–H and O–H groups in total. The minimum absolute atomic E-state index is 0.117. The van der Waals surface area contributed by atoms with Crippen molar-refractivity contribution < 1.29 is 27.4 Å². The smallest absolute Gasteiger partial charge is 0.497 e. The van der Waals surface area contributed by atoms with Crippen LogP contribution in [0.5, 0.6) is 11.5 Å². The molecule has 0 saturated heterocycles. The topological polar surface area (TPSA) is 102 Å². The van der Waals surface area contributed by atoms with Crippen LogP contribution in [-0.4, -0.2) is 45.4 Å². The molecule has 1 aliphatic rings. The van der Waals surface area contributed by atoms with Gasteiger partial charge in [-0.25, -0.2) is 14.5 Å². The van der Waals surface area contributed by atoms with Crippen molar-refractivity contribution in [1.82, 2.24) is 25.4 Å². The molecule has 0 radical (unpaired) electrons. The normalized spacial score (nSPS) is 14.2. The number of carbonyl (C=O) groups is 1. The van der Waals surface area contributed by atoms with E-state index in [9.17, 15) is 18.0 Å². The number of benzene rings is 3. The van der Waals surface area contributed by atoms with E-state index in [1.165, 1.54) is 35.3 Å². The number of alkyl halides is 3. The van der Waals surface area contributed by atoms with Gasteiger partial charge in [-0.3, -0.25) is 5.32 Å². The Kier molecular flexibility index (Phi) is 7.79. The number of ether oxygens (including phenoxy) is 2. The molecule has 2 amide bonds. The Bertz CT molecular complexity index is 1590. The Morgan fingerprint density at radius 3 is 2.46 bits per heavy atom. The Hall–Kier alpha value is -4.65. The number of nitrogens with zero attached hydrogens (tertiary/aromatic N) is 3. The highest BCUT2D eigenvalue weighted by Gasteiger charge is 2.31. The van der Waals surface area contributed by atoms with Gasteiger partial charge in [-0.1, -0.05) is 12.1 Å². The second-order valence-electron chi connectivity index (χ2n) is 9.38. The van der Waals surface area contributed by atoms with Crippen LogP contribution < -0.4 is 25.4 Å². The summed E-state index contributed by atoms with van der Waals surface area (Å²) in [5.41, 5.74) is 5.17. The van der Waals surface area contributed by atoms with Gasteiger partial charge in [-0.15, -0.1) is 18.3 Å². The number of hydrogen-bond acceptors (Lipinski definition) is 6. The zero-order valence-corrected chi connectivity index (χ0v) is 22.8. The predicted molar refractivity (Wildman–Crippen MR) is 150 cm³/mol. The molecule has 1 atom stereocenters. The van der Waals surface area contributed by atoms with E-state index in [0.717, 1.165) is 33.7 Å². The van der Waals surface area contributed by atoms with E-state index in [1.54, 1.807) is 13.2 Å². The molecule has 9 nitrogen and oxygen atoms in total. The van der Waals surface area contributed by atoms with Crippen molar-refractivity contribution in [2.24, 2.45) is 0 Å². The first-order valence-corrected chi connectivity index (χ1v) is 12.9. The Balaban J connectivity index is 1.17. The fourth-order valence-electron chi connectivity index (χ4n) is 4.56. The number of thiocarbonyl (C=S) groups is 1. The second kappa shape index (κ2) is 11.5. The van der Waals surface area contributed by atoms with Crippen LogP contribution in [0.3, 0.4) is 0 Å². The summed E-state index contributed by atoms with van der Waals surface area (Å²) in [5, 5.41) is 13.3. The maximum absolute atomic E-state index is 12.6. The highest BCUT2D eigenvalue weighted by molar-refractivity contribution is 7.80. The van der Waals surface area contributed by atoms with Crippen LogP contribution in [0.15, 0.2) is 67.0 Å². The Morgan fingerprint density at radius 1 is 1.02 bits per heavy atom. The third kappa shape index (κ3) is 6.92. The first-order valence-electron chi connectivity index (χ1n) is 12.5. The summed E-state index contributed by atoms with van der Waals surface area (Å²) < 4.78 is 47.8. The first kappa shape index (κ1) is 27.9. The van der Waals surface area contributed by atoms with Gasteiger partial charge >= 0.3 is 12.4 Å². The van der Waals surface area contributed by atoms with Crippen LogP contribution in [0.4, 0.5) is 23.7 Å². The zero-order valence-electron chi connectivity index (χ0n) is 22.0. The molecular weight excluding hydrogens is 557 g/mol. The molecule has 0 saturated carbocycles. The molecule has 0 aliphatic heterocycles. The van der Waals surface area contributed by atoms with Gasteiger partial charge in [-0.2, -0.15) is 0 Å². The third-order valence-electron chi connectivity index (χ3n) is 6.47. The number of aromatic nitrogens is 3. The molecule has 3 aromatic carbocycles. The average Bonchev–Trinajstić information content (AvgIpc) is 3.56. The number of amides is 2. The van der Waals surface area contributed by atoms with Crippen LogP contribution in [0.1, 0.15) is 16.7 Å². The van der Waals surface area contributed by atoms with Crippen molar-refractivity contribution in [3.8, 4) is 28.6 Å².